The van der Waals surface area contributed by atoms with E-state index in [1.165, 1.54) is 10.9 Å². The van der Waals surface area contributed by atoms with Gasteiger partial charge in [0.1, 0.15) is 36.2 Å². The second-order valence-corrected chi connectivity index (χ2v) is 14.1. The first kappa shape index (κ1) is 32.9. The number of rotatable bonds is 14. The number of nitrogens with zero attached hydrogens (tertiary/aromatic N) is 4. The van der Waals surface area contributed by atoms with Crippen molar-refractivity contribution in [2.24, 2.45) is 5.73 Å². The summed E-state index contributed by atoms with van der Waals surface area (Å²) in [6.45, 7) is -0.655. The monoisotopic (exact) mass is 653 g/mol. The predicted molar refractivity (Wildman–Crippen MR) is 134 cm³/mol. The number of nitrogens with one attached hydrogen (secondary N) is 1. The van der Waals surface area contributed by atoms with Gasteiger partial charge in [-0.25, -0.2) is 33.7 Å². The highest BCUT2D eigenvalue weighted by Gasteiger charge is 2.48. The normalized spacial score (nSPS) is 26.3. The Labute approximate surface area is 228 Å². The SMILES string of the molecule is Nc1ncnc2c1ncn2[C@@H]1O[C@H]([C@@H](CNP(=O)(O)OP(=O)(O)OP(=O)(O)O)SCCC(N)C(=O)O)[C@@H](O)[C@H]1O. The molecule has 21 nitrogen and oxygen atoms in total. The number of ether oxygens (including phenoxy) is 1. The van der Waals surface area contributed by atoms with Gasteiger partial charge in [0.15, 0.2) is 17.7 Å². The van der Waals surface area contributed by atoms with Crippen LogP contribution in [0.5, 0.6) is 0 Å². The first-order valence-electron chi connectivity index (χ1n) is 10.8. The summed E-state index contributed by atoms with van der Waals surface area (Å²) in [5, 5.41) is 31.3. The van der Waals surface area contributed by atoms with Gasteiger partial charge in [-0.05, 0) is 12.2 Å². The average molecular weight is 653 g/mol. The van der Waals surface area contributed by atoms with Gasteiger partial charge >= 0.3 is 29.4 Å². The lowest BCUT2D eigenvalue weighted by molar-refractivity contribution is -0.138. The molecule has 2 aromatic heterocycles. The molecule has 0 radical (unpaired) electrons. The Kier molecular flexibility index (Phi) is 10.5. The van der Waals surface area contributed by atoms with Crippen molar-refractivity contribution in [3.8, 4) is 0 Å². The molecule has 0 spiro atoms. The number of carbonyl (C=O) groups is 1. The van der Waals surface area contributed by atoms with E-state index in [0.29, 0.717) is 0 Å². The molecule has 1 saturated heterocycles. The fraction of sp³-hybridized carbons (Fsp3) is 0.600. The summed E-state index contributed by atoms with van der Waals surface area (Å²) < 4.78 is 49.4. The number of nitrogens with two attached hydrogens (primary N) is 2. The molecule has 1 fully saturated rings. The minimum Gasteiger partial charge on any atom is -0.480 e. The average Bonchev–Trinajstić information content (AvgIpc) is 3.35. The molecule has 12 N–H and O–H groups in total. The number of carboxylic acids is 1. The van der Waals surface area contributed by atoms with Crippen LogP contribution in [-0.4, -0.2) is 102 Å². The van der Waals surface area contributed by atoms with Gasteiger partial charge in [-0.1, -0.05) is 0 Å². The molecule has 3 heterocycles. The van der Waals surface area contributed by atoms with Crippen molar-refractivity contribution in [3.05, 3.63) is 12.7 Å². The van der Waals surface area contributed by atoms with Crippen molar-refractivity contribution < 1.29 is 66.7 Å². The van der Waals surface area contributed by atoms with Gasteiger partial charge in [0, 0.05) is 11.8 Å². The molecule has 1 aliphatic heterocycles. The summed E-state index contributed by atoms with van der Waals surface area (Å²) >= 11 is 0.897. The fourth-order valence-corrected chi connectivity index (χ4v) is 8.21. The van der Waals surface area contributed by atoms with E-state index in [1.807, 2.05) is 5.09 Å². The molecule has 0 saturated carbocycles. The Bertz CT molecular complexity index is 1360. The lowest BCUT2D eigenvalue weighted by Gasteiger charge is -2.27. The first-order valence-corrected chi connectivity index (χ1v) is 16.5. The third-order valence-corrected chi connectivity index (χ3v) is 10.6. The maximum atomic E-state index is 12.3. The summed E-state index contributed by atoms with van der Waals surface area (Å²) in [7, 11) is -16.6. The van der Waals surface area contributed by atoms with Gasteiger partial charge in [-0.15, -0.1) is 0 Å². The van der Waals surface area contributed by atoms with Gasteiger partial charge in [-0.3, -0.25) is 9.36 Å². The van der Waals surface area contributed by atoms with E-state index in [9.17, 15) is 38.5 Å². The van der Waals surface area contributed by atoms with Gasteiger partial charge in [0.25, 0.3) is 0 Å². The molecule has 8 atom stereocenters. The maximum Gasteiger partial charge on any atom is 0.489 e. The Balaban J connectivity index is 1.80. The number of aromatic nitrogens is 4. The van der Waals surface area contributed by atoms with E-state index >= 15 is 0 Å². The number of hydrogen-bond donors (Lipinski definition) is 10. The van der Waals surface area contributed by atoms with Gasteiger partial charge in [-0.2, -0.15) is 20.4 Å². The van der Waals surface area contributed by atoms with Crippen LogP contribution in [0.1, 0.15) is 12.6 Å². The second-order valence-electron chi connectivity index (χ2n) is 8.20. The molecule has 0 aliphatic carbocycles. The molecule has 0 bridgehead atoms. The van der Waals surface area contributed by atoms with Gasteiger partial charge < -0.3 is 51.1 Å². The first-order chi connectivity index (χ1) is 18.4. The molecule has 226 valence electrons. The lowest BCUT2D eigenvalue weighted by Crippen LogP contribution is -2.42. The van der Waals surface area contributed by atoms with Crippen molar-refractivity contribution in [2.75, 3.05) is 18.0 Å². The minimum atomic E-state index is -5.74. The highest BCUT2D eigenvalue weighted by molar-refractivity contribution is 8.00. The Morgan fingerprint density at radius 2 is 1.82 bits per heavy atom. The van der Waals surface area contributed by atoms with Crippen LogP contribution in [0.3, 0.4) is 0 Å². The molecular weight excluding hydrogens is 627 g/mol. The largest absolute Gasteiger partial charge is 0.489 e. The zero-order valence-electron chi connectivity index (χ0n) is 19.9. The van der Waals surface area contributed by atoms with E-state index in [1.54, 1.807) is 0 Å². The molecule has 3 rings (SSSR count). The third kappa shape index (κ3) is 8.48. The zero-order chi connectivity index (χ0) is 30.0. The number of aliphatic carboxylic acids is 1. The number of anilines is 1. The number of fused-ring (bicyclic) bond motifs is 1. The van der Waals surface area contributed by atoms with Crippen LogP contribution in [0, 0.1) is 0 Å². The third-order valence-electron chi connectivity index (χ3n) is 5.30. The summed E-state index contributed by atoms with van der Waals surface area (Å²) in [6, 6.07) is -1.27. The predicted octanol–water partition coefficient (Wildman–Crippen LogP) is -2.15. The minimum absolute atomic E-state index is 0.00131. The molecule has 40 heavy (non-hydrogen) atoms. The fourth-order valence-electron chi connectivity index (χ4n) is 3.54. The van der Waals surface area contributed by atoms with Gasteiger partial charge in [0.2, 0.25) is 0 Å². The number of imidazole rings is 1. The van der Waals surface area contributed by atoms with Crippen LogP contribution in [0.15, 0.2) is 12.7 Å². The summed E-state index contributed by atoms with van der Waals surface area (Å²) in [5.41, 5.74) is 11.6. The Morgan fingerprint density at radius 3 is 2.45 bits per heavy atom. The topological polar surface area (TPSA) is 345 Å². The highest BCUT2D eigenvalue weighted by Crippen LogP contribution is 2.64. The number of phosphoric acid groups is 2. The van der Waals surface area contributed by atoms with Crippen molar-refractivity contribution in [1.29, 1.82) is 0 Å². The van der Waals surface area contributed by atoms with Crippen LogP contribution in [0.2, 0.25) is 0 Å². The number of thioether (sulfide) groups is 1. The van der Waals surface area contributed by atoms with Crippen molar-refractivity contribution in [1.82, 2.24) is 24.6 Å². The van der Waals surface area contributed by atoms with Crippen LogP contribution < -0.4 is 16.6 Å². The maximum absolute atomic E-state index is 12.3. The number of aliphatic hydroxyl groups excluding tert-OH is 2. The van der Waals surface area contributed by atoms with E-state index in [0.717, 1.165) is 18.1 Å². The summed E-state index contributed by atoms with van der Waals surface area (Å²) in [6.07, 6.45) is -3.61. The highest BCUT2D eigenvalue weighted by atomic mass is 32.2. The molecular formula is C15H26N7O14P3S. The second kappa shape index (κ2) is 12.7. The smallest absolute Gasteiger partial charge is 0.480 e. The Morgan fingerprint density at radius 1 is 1.15 bits per heavy atom. The molecule has 2 aromatic rings. The molecule has 1 aliphatic rings. The molecule has 0 amide bonds. The molecule has 3 unspecified atom stereocenters. The van der Waals surface area contributed by atoms with E-state index in [-0.39, 0.29) is 29.2 Å². The number of nitrogen functional groups attached to an aromatic ring is 1. The van der Waals surface area contributed by atoms with E-state index < -0.39 is 71.7 Å². The zero-order valence-corrected chi connectivity index (χ0v) is 23.4. The summed E-state index contributed by atoms with van der Waals surface area (Å²) in [5.74, 6) is -1.27. The number of hydrogen-bond acceptors (Lipinski definition) is 15. The van der Waals surface area contributed by atoms with Crippen molar-refractivity contribution in [3.63, 3.8) is 0 Å². The van der Waals surface area contributed by atoms with Crippen molar-refractivity contribution in [2.45, 2.75) is 42.3 Å². The summed E-state index contributed by atoms with van der Waals surface area (Å²) in [4.78, 5) is 59.6. The molecule has 25 heteroatoms. The van der Waals surface area contributed by atoms with Crippen LogP contribution >= 0.6 is 35.2 Å². The van der Waals surface area contributed by atoms with Crippen LogP contribution in [-0.2, 0) is 31.8 Å². The lowest BCUT2D eigenvalue weighted by atomic mass is 10.1. The van der Waals surface area contributed by atoms with Gasteiger partial charge in [0.05, 0.1) is 6.33 Å². The molecule has 0 aromatic carbocycles. The van der Waals surface area contributed by atoms with Crippen molar-refractivity contribution >= 4 is 58.1 Å². The number of carboxylic acid groups (broad SMARTS) is 1. The number of aliphatic hydroxyl groups is 2. The Hall–Kier alpha value is -1.58. The standard InChI is InChI=1S/C15H26N7O14P3S/c16-6(15(25)26)1-2-40-7(3-21-37(27,28)35-39(32,33)36-38(29,30)31)11-9(23)10(24)14(34-11)22-5-20-8-12(17)18-4-19-13(8)22/h4-7,9-11,14,23-24H,1-3,16H2,(H,25,26)(H,32,33)(H2,17,18,19)(H2,21,27,28)(H2,29,30,31)/t6?,7-,9+,10-,11-,14-/m1/s1. The quantitative estimate of drug-likeness (QED) is 0.0971. The van der Waals surface area contributed by atoms with E-state index in [4.69, 9.17) is 31.1 Å². The van der Waals surface area contributed by atoms with E-state index in [2.05, 4.69) is 23.6 Å². The van der Waals surface area contributed by atoms with Crippen LogP contribution in [0.4, 0.5) is 5.82 Å². The van der Waals surface area contributed by atoms with Crippen LogP contribution in [0.25, 0.3) is 11.2 Å².